The molecule has 1 aliphatic carbocycles. The van der Waals surface area contributed by atoms with Crippen LogP contribution in [-0.2, 0) is 6.42 Å². The summed E-state index contributed by atoms with van der Waals surface area (Å²) in [5.74, 6) is 0.786. The van der Waals surface area contributed by atoms with Gasteiger partial charge in [-0.3, -0.25) is 4.79 Å². The van der Waals surface area contributed by atoms with Crippen molar-refractivity contribution in [3.05, 3.63) is 52.2 Å². The van der Waals surface area contributed by atoms with Crippen molar-refractivity contribution in [2.24, 2.45) is 5.92 Å². The molecular formula is C18H20N4O2. The largest absolute Gasteiger partial charge is 0.393 e. The fourth-order valence-electron chi connectivity index (χ4n) is 3.54. The van der Waals surface area contributed by atoms with E-state index in [2.05, 4.69) is 15.1 Å². The van der Waals surface area contributed by atoms with Crippen molar-refractivity contribution >= 4 is 11.0 Å². The summed E-state index contributed by atoms with van der Waals surface area (Å²) >= 11 is 0. The van der Waals surface area contributed by atoms with Gasteiger partial charge >= 0.3 is 0 Å². The lowest BCUT2D eigenvalue weighted by Gasteiger charge is -2.13. The lowest BCUT2D eigenvalue weighted by atomic mass is 10.0. The fraction of sp³-hybridized carbons (Fsp3) is 0.389. The van der Waals surface area contributed by atoms with Crippen LogP contribution < -0.4 is 5.56 Å². The molecule has 2 aromatic heterocycles. The maximum Gasteiger partial charge on any atom is 0.262 e. The van der Waals surface area contributed by atoms with Crippen LogP contribution in [0.25, 0.3) is 16.7 Å². The Bertz CT molecular complexity index is 944. The van der Waals surface area contributed by atoms with Gasteiger partial charge < -0.3 is 10.1 Å². The van der Waals surface area contributed by atoms with E-state index in [1.54, 1.807) is 10.9 Å². The summed E-state index contributed by atoms with van der Waals surface area (Å²) in [6.07, 6.45) is 4.68. The summed E-state index contributed by atoms with van der Waals surface area (Å²) in [4.78, 5) is 19.9. The van der Waals surface area contributed by atoms with E-state index in [1.165, 1.54) is 0 Å². The summed E-state index contributed by atoms with van der Waals surface area (Å²) in [6, 6.07) is 7.88. The normalized spacial score (nSPS) is 20.8. The van der Waals surface area contributed by atoms with E-state index in [4.69, 9.17) is 0 Å². The van der Waals surface area contributed by atoms with Crippen molar-refractivity contribution in [1.29, 1.82) is 0 Å². The van der Waals surface area contributed by atoms with Crippen LogP contribution in [0.3, 0.4) is 0 Å². The highest BCUT2D eigenvalue weighted by atomic mass is 16.3. The summed E-state index contributed by atoms with van der Waals surface area (Å²) in [6.45, 7) is 2.01. The quantitative estimate of drug-likeness (QED) is 0.773. The Morgan fingerprint density at radius 1 is 1.33 bits per heavy atom. The van der Waals surface area contributed by atoms with Crippen LogP contribution in [0.4, 0.5) is 0 Å². The third-order valence-electron chi connectivity index (χ3n) is 4.91. The fourth-order valence-corrected chi connectivity index (χ4v) is 3.54. The molecule has 2 heterocycles. The van der Waals surface area contributed by atoms with Gasteiger partial charge in [0.1, 0.15) is 11.2 Å². The molecule has 4 rings (SSSR count). The molecule has 124 valence electrons. The van der Waals surface area contributed by atoms with Crippen molar-refractivity contribution < 1.29 is 5.11 Å². The van der Waals surface area contributed by atoms with Gasteiger partial charge in [-0.15, -0.1) is 0 Å². The van der Waals surface area contributed by atoms with Gasteiger partial charge in [-0.1, -0.05) is 24.6 Å². The average molecular weight is 324 g/mol. The van der Waals surface area contributed by atoms with Crippen LogP contribution in [0, 0.1) is 12.8 Å². The predicted molar refractivity (Wildman–Crippen MR) is 91.3 cm³/mol. The van der Waals surface area contributed by atoms with Crippen LogP contribution in [-0.4, -0.2) is 31.0 Å². The van der Waals surface area contributed by atoms with Crippen molar-refractivity contribution in [2.75, 3.05) is 0 Å². The molecule has 0 bridgehead atoms. The maximum absolute atomic E-state index is 12.4. The molecule has 1 aromatic carbocycles. The van der Waals surface area contributed by atoms with Gasteiger partial charge in [0.25, 0.3) is 5.56 Å². The minimum absolute atomic E-state index is 0.167. The van der Waals surface area contributed by atoms with E-state index in [0.717, 1.165) is 30.5 Å². The van der Waals surface area contributed by atoms with E-state index in [9.17, 15) is 9.90 Å². The van der Waals surface area contributed by atoms with Crippen LogP contribution in [0.15, 0.2) is 35.3 Å². The third-order valence-corrected chi connectivity index (χ3v) is 4.91. The number of benzene rings is 1. The SMILES string of the molecule is Cc1ccccc1-n1ncc2c(=O)[nH]c(C[C@H]3CCC[C@H]3O)nc21. The highest BCUT2D eigenvalue weighted by Gasteiger charge is 2.26. The molecule has 0 radical (unpaired) electrons. The number of hydrogen-bond donors (Lipinski definition) is 2. The monoisotopic (exact) mass is 324 g/mol. The Hall–Kier alpha value is -2.47. The van der Waals surface area contributed by atoms with Crippen LogP contribution >= 0.6 is 0 Å². The first kappa shape index (κ1) is 15.1. The number of aliphatic hydroxyl groups is 1. The lowest BCUT2D eigenvalue weighted by Crippen LogP contribution is -2.20. The summed E-state index contributed by atoms with van der Waals surface area (Å²) in [7, 11) is 0. The van der Waals surface area contributed by atoms with Crippen molar-refractivity contribution in [3.8, 4) is 5.69 Å². The number of hydrogen-bond acceptors (Lipinski definition) is 4. The number of fused-ring (bicyclic) bond motifs is 1. The van der Waals surface area contributed by atoms with Gasteiger partial charge in [-0.25, -0.2) is 9.67 Å². The smallest absolute Gasteiger partial charge is 0.262 e. The van der Waals surface area contributed by atoms with E-state index < -0.39 is 0 Å². The van der Waals surface area contributed by atoms with Gasteiger partial charge in [0, 0.05) is 6.42 Å². The molecule has 0 amide bonds. The zero-order valence-electron chi connectivity index (χ0n) is 13.6. The minimum Gasteiger partial charge on any atom is -0.393 e. The first-order valence-corrected chi connectivity index (χ1v) is 8.34. The van der Waals surface area contributed by atoms with Gasteiger partial charge in [-0.2, -0.15) is 5.10 Å². The first-order valence-electron chi connectivity index (χ1n) is 8.34. The molecular weight excluding hydrogens is 304 g/mol. The van der Waals surface area contributed by atoms with Crippen molar-refractivity contribution in [3.63, 3.8) is 0 Å². The van der Waals surface area contributed by atoms with E-state index in [0.29, 0.717) is 23.3 Å². The Morgan fingerprint density at radius 3 is 2.92 bits per heavy atom. The van der Waals surface area contributed by atoms with E-state index >= 15 is 0 Å². The van der Waals surface area contributed by atoms with Crippen LogP contribution in [0.5, 0.6) is 0 Å². The molecule has 2 N–H and O–H groups in total. The van der Waals surface area contributed by atoms with Crippen molar-refractivity contribution in [1.82, 2.24) is 19.7 Å². The number of aromatic amines is 1. The Morgan fingerprint density at radius 2 is 2.17 bits per heavy atom. The number of nitrogens with zero attached hydrogens (tertiary/aromatic N) is 3. The van der Waals surface area contributed by atoms with E-state index in [-0.39, 0.29) is 17.6 Å². The molecule has 1 saturated carbocycles. The highest BCUT2D eigenvalue weighted by Crippen LogP contribution is 2.28. The number of nitrogens with one attached hydrogen (secondary N) is 1. The molecule has 6 heteroatoms. The molecule has 1 aliphatic rings. The molecule has 24 heavy (non-hydrogen) atoms. The number of para-hydroxylation sites is 1. The summed E-state index contributed by atoms with van der Waals surface area (Å²) in [5, 5.41) is 14.9. The molecule has 0 spiro atoms. The second-order valence-corrected chi connectivity index (χ2v) is 6.56. The Balaban J connectivity index is 1.80. The van der Waals surface area contributed by atoms with Gasteiger partial charge in [0.2, 0.25) is 0 Å². The van der Waals surface area contributed by atoms with Gasteiger partial charge in [0.15, 0.2) is 5.65 Å². The van der Waals surface area contributed by atoms with Crippen LogP contribution in [0.1, 0.15) is 30.7 Å². The molecule has 3 aromatic rings. The second-order valence-electron chi connectivity index (χ2n) is 6.56. The zero-order chi connectivity index (χ0) is 16.7. The second kappa shape index (κ2) is 5.87. The summed E-state index contributed by atoms with van der Waals surface area (Å²) in [5.41, 5.74) is 2.37. The predicted octanol–water partition coefficient (Wildman–Crippen LogP) is 2.12. The number of aromatic nitrogens is 4. The highest BCUT2D eigenvalue weighted by molar-refractivity contribution is 5.75. The summed E-state index contributed by atoms with van der Waals surface area (Å²) < 4.78 is 1.72. The first-order chi connectivity index (χ1) is 11.6. The number of H-pyrrole nitrogens is 1. The lowest BCUT2D eigenvalue weighted by molar-refractivity contribution is 0.131. The topological polar surface area (TPSA) is 83.8 Å². The molecule has 2 atom stereocenters. The number of aliphatic hydroxyl groups excluding tert-OH is 1. The number of rotatable bonds is 3. The van der Waals surface area contributed by atoms with Gasteiger partial charge in [0.05, 0.1) is 18.0 Å². The average Bonchev–Trinajstić information content (AvgIpc) is 3.15. The third kappa shape index (κ3) is 2.53. The number of aryl methyl sites for hydroxylation is 1. The molecule has 0 saturated heterocycles. The minimum atomic E-state index is -0.299. The molecule has 6 nitrogen and oxygen atoms in total. The maximum atomic E-state index is 12.4. The Kier molecular flexibility index (Phi) is 3.69. The van der Waals surface area contributed by atoms with E-state index in [1.807, 2.05) is 31.2 Å². The molecule has 1 fully saturated rings. The molecule has 0 unspecified atom stereocenters. The van der Waals surface area contributed by atoms with Crippen molar-refractivity contribution in [2.45, 2.75) is 38.7 Å². The zero-order valence-corrected chi connectivity index (χ0v) is 13.6. The molecule has 0 aliphatic heterocycles. The van der Waals surface area contributed by atoms with Crippen LogP contribution in [0.2, 0.25) is 0 Å². The standard InChI is InChI=1S/C18H20N4O2/c1-11-5-2-3-7-14(11)22-17-13(10-19-22)18(24)21-16(20-17)9-12-6-4-8-15(12)23/h2-3,5,7,10,12,15,23H,4,6,8-9H2,1H3,(H,20,21,24)/t12-,15-/m1/s1. The van der Waals surface area contributed by atoms with Gasteiger partial charge in [-0.05, 0) is 37.3 Å². The Labute approximate surface area is 139 Å².